The predicted octanol–water partition coefficient (Wildman–Crippen LogP) is 2.42. The molecule has 13 heteroatoms. The highest BCUT2D eigenvalue weighted by Gasteiger charge is 2.59. The third kappa shape index (κ3) is 3.43. The van der Waals surface area contributed by atoms with Crippen LogP contribution in [0.3, 0.4) is 0 Å². The standard InChI is InChI=1S/C20H19F4N9/c21-12-1-2-13-16(15(12)22)29-14(28-13)9-26-18-31-19(32-5-3-25-4-6-32)30-17-10(8-27-33(17)18)11-7-20(11,23)24/h1-2,8,11,25H,3-7,9H2,(H,28,29)(H,26,30,31). The van der Waals surface area contributed by atoms with Gasteiger partial charge in [-0.25, -0.2) is 22.5 Å². The van der Waals surface area contributed by atoms with Crippen LogP contribution in [-0.4, -0.2) is 61.7 Å². The van der Waals surface area contributed by atoms with Gasteiger partial charge in [-0.3, -0.25) is 0 Å². The van der Waals surface area contributed by atoms with Crippen LogP contribution in [0.25, 0.3) is 16.7 Å². The molecule has 4 aromatic rings. The van der Waals surface area contributed by atoms with Crippen molar-refractivity contribution in [3.8, 4) is 0 Å². The number of nitrogens with one attached hydrogen (secondary N) is 3. The van der Waals surface area contributed by atoms with Crippen molar-refractivity contribution in [2.45, 2.75) is 24.8 Å². The number of rotatable bonds is 5. The molecule has 3 aromatic heterocycles. The van der Waals surface area contributed by atoms with Crippen molar-refractivity contribution in [1.29, 1.82) is 0 Å². The molecule has 1 aromatic carbocycles. The fraction of sp³-hybridized carbons (Fsp3) is 0.400. The number of aromatic amines is 1. The van der Waals surface area contributed by atoms with E-state index < -0.39 is 23.5 Å². The van der Waals surface area contributed by atoms with E-state index in [9.17, 15) is 17.6 Å². The van der Waals surface area contributed by atoms with Crippen molar-refractivity contribution in [2.24, 2.45) is 0 Å². The molecule has 0 radical (unpaired) electrons. The van der Waals surface area contributed by atoms with Crippen LogP contribution in [0.5, 0.6) is 0 Å². The highest BCUT2D eigenvalue weighted by molar-refractivity contribution is 5.75. The van der Waals surface area contributed by atoms with Crippen molar-refractivity contribution in [3.05, 3.63) is 41.4 Å². The van der Waals surface area contributed by atoms with E-state index in [1.165, 1.54) is 16.8 Å². The lowest BCUT2D eigenvalue weighted by Gasteiger charge is -2.27. The lowest BCUT2D eigenvalue weighted by molar-refractivity contribution is 0.112. The average Bonchev–Trinajstić information content (AvgIpc) is 3.16. The first-order chi connectivity index (χ1) is 15.9. The van der Waals surface area contributed by atoms with Gasteiger partial charge in [-0.05, 0) is 12.1 Å². The number of anilines is 2. The number of alkyl halides is 2. The Kier molecular flexibility index (Phi) is 4.44. The molecule has 0 spiro atoms. The predicted molar refractivity (Wildman–Crippen MR) is 112 cm³/mol. The first-order valence-corrected chi connectivity index (χ1v) is 10.6. The van der Waals surface area contributed by atoms with E-state index in [0.29, 0.717) is 41.6 Å². The molecule has 1 atom stereocenters. The molecular weight excluding hydrogens is 442 g/mol. The molecule has 1 saturated carbocycles. The van der Waals surface area contributed by atoms with E-state index in [-0.39, 0.29) is 24.4 Å². The van der Waals surface area contributed by atoms with Gasteiger partial charge in [0.25, 0.3) is 5.92 Å². The lowest BCUT2D eigenvalue weighted by Crippen LogP contribution is -2.44. The van der Waals surface area contributed by atoms with E-state index in [0.717, 1.165) is 19.2 Å². The number of imidazole rings is 1. The van der Waals surface area contributed by atoms with Crippen LogP contribution in [0, 0.1) is 11.6 Å². The zero-order valence-electron chi connectivity index (χ0n) is 17.2. The van der Waals surface area contributed by atoms with Gasteiger partial charge in [0.1, 0.15) is 11.3 Å². The number of nitrogens with zero attached hydrogens (tertiary/aromatic N) is 6. The second-order valence-corrected chi connectivity index (χ2v) is 8.23. The van der Waals surface area contributed by atoms with E-state index in [2.05, 4.69) is 35.7 Å². The molecule has 3 N–H and O–H groups in total. The number of piperazine rings is 1. The van der Waals surface area contributed by atoms with Gasteiger partial charge in [0.15, 0.2) is 17.3 Å². The molecule has 1 aliphatic heterocycles. The van der Waals surface area contributed by atoms with Crippen molar-refractivity contribution in [2.75, 3.05) is 36.4 Å². The van der Waals surface area contributed by atoms with Gasteiger partial charge in [-0.2, -0.15) is 19.6 Å². The SMILES string of the molecule is Fc1ccc2[nH]c(CNc3nc(N4CCNCC4)nc4c(C5CC5(F)F)cnn34)nc2c1F. The summed E-state index contributed by atoms with van der Waals surface area (Å²) >= 11 is 0. The van der Waals surface area contributed by atoms with E-state index >= 15 is 0 Å². The fourth-order valence-corrected chi connectivity index (χ4v) is 4.12. The Morgan fingerprint density at radius 3 is 2.67 bits per heavy atom. The highest BCUT2D eigenvalue weighted by Crippen LogP contribution is 2.56. The van der Waals surface area contributed by atoms with Gasteiger partial charge in [-0.15, -0.1) is 0 Å². The molecule has 6 rings (SSSR count). The monoisotopic (exact) mass is 461 g/mol. The number of hydrogen-bond donors (Lipinski definition) is 3. The summed E-state index contributed by atoms with van der Waals surface area (Å²) in [4.78, 5) is 18.2. The summed E-state index contributed by atoms with van der Waals surface area (Å²) in [6, 6.07) is 2.44. The lowest BCUT2D eigenvalue weighted by atomic mass is 10.2. The summed E-state index contributed by atoms with van der Waals surface area (Å²) in [5.74, 6) is -4.63. The Balaban J connectivity index is 1.36. The van der Waals surface area contributed by atoms with Crippen molar-refractivity contribution >= 4 is 28.6 Å². The maximum Gasteiger partial charge on any atom is 0.256 e. The zero-order chi connectivity index (χ0) is 22.7. The van der Waals surface area contributed by atoms with Crippen LogP contribution in [0.2, 0.25) is 0 Å². The van der Waals surface area contributed by atoms with Crippen LogP contribution in [0.15, 0.2) is 18.3 Å². The Morgan fingerprint density at radius 2 is 1.91 bits per heavy atom. The minimum atomic E-state index is -2.76. The van der Waals surface area contributed by atoms with Crippen LogP contribution in [0.4, 0.5) is 29.5 Å². The molecule has 1 aliphatic carbocycles. The molecule has 4 heterocycles. The van der Waals surface area contributed by atoms with Crippen LogP contribution < -0.4 is 15.5 Å². The van der Waals surface area contributed by atoms with Gasteiger partial charge in [0, 0.05) is 38.2 Å². The smallest absolute Gasteiger partial charge is 0.256 e. The minimum Gasteiger partial charge on any atom is -0.347 e. The Morgan fingerprint density at radius 1 is 1.12 bits per heavy atom. The van der Waals surface area contributed by atoms with Crippen molar-refractivity contribution in [1.82, 2.24) is 34.9 Å². The minimum absolute atomic E-state index is 0.0949. The summed E-state index contributed by atoms with van der Waals surface area (Å²) in [5.41, 5.74) is 0.958. The molecular formula is C20H19F4N9. The Labute approximate surface area is 184 Å². The van der Waals surface area contributed by atoms with Crippen molar-refractivity contribution < 1.29 is 17.6 Å². The quantitative estimate of drug-likeness (QED) is 0.393. The van der Waals surface area contributed by atoms with E-state index in [1.54, 1.807) is 0 Å². The first kappa shape index (κ1) is 20.1. The molecule has 33 heavy (non-hydrogen) atoms. The van der Waals surface area contributed by atoms with Crippen LogP contribution in [-0.2, 0) is 6.54 Å². The summed E-state index contributed by atoms with van der Waals surface area (Å²) < 4.78 is 56.5. The zero-order valence-corrected chi connectivity index (χ0v) is 17.2. The molecule has 0 bridgehead atoms. The average molecular weight is 461 g/mol. The number of halogens is 4. The number of fused-ring (bicyclic) bond motifs is 2. The summed E-state index contributed by atoms with van der Waals surface area (Å²) in [5, 5.41) is 10.6. The highest BCUT2D eigenvalue weighted by atomic mass is 19.3. The molecule has 9 nitrogen and oxygen atoms in total. The number of benzene rings is 1. The van der Waals surface area contributed by atoms with Gasteiger partial charge >= 0.3 is 0 Å². The summed E-state index contributed by atoms with van der Waals surface area (Å²) in [6.45, 7) is 2.95. The molecule has 0 amide bonds. The number of aromatic nitrogens is 6. The molecule has 1 saturated heterocycles. The maximum atomic E-state index is 14.0. The van der Waals surface area contributed by atoms with Crippen LogP contribution >= 0.6 is 0 Å². The number of H-pyrrole nitrogens is 1. The van der Waals surface area contributed by atoms with Crippen LogP contribution in [0.1, 0.15) is 23.7 Å². The van der Waals surface area contributed by atoms with Gasteiger partial charge in [0.05, 0.1) is 24.2 Å². The molecule has 2 aliphatic rings. The normalized spacial score (nSPS) is 20.0. The largest absolute Gasteiger partial charge is 0.347 e. The Bertz CT molecular complexity index is 1360. The van der Waals surface area contributed by atoms with Gasteiger partial charge in [0.2, 0.25) is 11.9 Å². The second kappa shape index (κ2) is 7.27. The van der Waals surface area contributed by atoms with Gasteiger partial charge in [-0.1, -0.05) is 0 Å². The fourth-order valence-electron chi connectivity index (χ4n) is 4.12. The number of hydrogen-bond acceptors (Lipinski definition) is 7. The third-order valence-corrected chi connectivity index (χ3v) is 5.99. The maximum absolute atomic E-state index is 14.0. The summed E-state index contributed by atoms with van der Waals surface area (Å²) in [6.07, 6.45) is 1.17. The topological polar surface area (TPSA) is 99.1 Å². The second-order valence-electron chi connectivity index (χ2n) is 8.23. The third-order valence-electron chi connectivity index (χ3n) is 5.99. The molecule has 172 valence electrons. The van der Waals surface area contributed by atoms with E-state index in [4.69, 9.17) is 0 Å². The van der Waals surface area contributed by atoms with Gasteiger partial charge < -0.3 is 20.5 Å². The molecule has 2 fully saturated rings. The van der Waals surface area contributed by atoms with Crippen molar-refractivity contribution in [3.63, 3.8) is 0 Å². The summed E-state index contributed by atoms with van der Waals surface area (Å²) in [7, 11) is 0. The molecule has 1 unspecified atom stereocenters. The van der Waals surface area contributed by atoms with E-state index in [1.807, 2.05) is 4.90 Å². The Hall–Kier alpha value is -3.48. The first-order valence-electron chi connectivity index (χ1n) is 10.6.